The fourth-order valence-electron chi connectivity index (χ4n) is 2.12. The van der Waals surface area contributed by atoms with Crippen molar-refractivity contribution in [2.45, 2.75) is 32.9 Å². The van der Waals surface area contributed by atoms with Crippen LogP contribution in [0.25, 0.3) is 0 Å². The van der Waals surface area contributed by atoms with Crippen molar-refractivity contribution in [1.29, 1.82) is 0 Å². The highest BCUT2D eigenvalue weighted by atomic mass is 16.2. The molecule has 0 spiro atoms. The maximum Gasteiger partial charge on any atom is 0.315 e. The van der Waals surface area contributed by atoms with Gasteiger partial charge in [-0.3, -0.25) is 0 Å². The van der Waals surface area contributed by atoms with Gasteiger partial charge in [0.1, 0.15) is 0 Å². The molecular formula is C16H23N5O. The summed E-state index contributed by atoms with van der Waals surface area (Å²) in [5.41, 5.74) is 1.21. The van der Waals surface area contributed by atoms with Crippen LogP contribution in [-0.2, 0) is 13.0 Å². The van der Waals surface area contributed by atoms with Gasteiger partial charge in [0.2, 0.25) is 0 Å². The van der Waals surface area contributed by atoms with Gasteiger partial charge in [0.25, 0.3) is 0 Å². The molecule has 2 rings (SSSR count). The Morgan fingerprint density at radius 3 is 2.50 bits per heavy atom. The largest absolute Gasteiger partial charge is 0.338 e. The fraction of sp³-hybridized carbons (Fsp3) is 0.438. The lowest BCUT2D eigenvalue weighted by Gasteiger charge is -2.22. The van der Waals surface area contributed by atoms with Crippen LogP contribution in [0.1, 0.15) is 19.4 Å². The molecular weight excluding hydrogens is 278 g/mol. The van der Waals surface area contributed by atoms with Gasteiger partial charge < -0.3 is 10.6 Å². The van der Waals surface area contributed by atoms with Crippen molar-refractivity contribution in [2.75, 3.05) is 6.54 Å². The molecule has 1 aromatic heterocycles. The van der Waals surface area contributed by atoms with E-state index in [4.69, 9.17) is 0 Å². The van der Waals surface area contributed by atoms with E-state index < -0.39 is 0 Å². The molecule has 2 N–H and O–H groups in total. The number of carbonyl (C=O) groups is 1. The van der Waals surface area contributed by atoms with Crippen LogP contribution in [0.3, 0.4) is 0 Å². The van der Waals surface area contributed by atoms with E-state index >= 15 is 0 Å². The molecule has 6 heteroatoms. The number of amides is 2. The lowest BCUT2D eigenvalue weighted by Crippen LogP contribution is -2.47. The maximum absolute atomic E-state index is 12.0. The van der Waals surface area contributed by atoms with Gasteiger partial charge in [0.05, 0.1) is 25.0 Å². The van der Waals surface area contributed by atoms with E-state index in [0.717, 1.165) is 6.42 Å². The third-order valence-corrected chi connectivity index (χ3v) is 3.49. The monoisotopic (exact) mass is 301 g/mol. The lowest BCUT2D eigenvalue weighted by molar-refractivity contribution is 0.228. The second-order valence-electron chi connectivity index (χ2n) is 5.57. The van der Waals surface area contributed by atoms with Crippen LogP contribution in [0.2, 0.25) is 0 Å². The van der Waals surface area contributed by atoms with Crippen molar-refractivity contribution in [1.82, 2.24) is 25.6 Å². The summed E-state index contributed by atoms with van der Waals surface area (Å²) in [4.78, 5) is 13.6. The minimum Gasteiger partial charge on any atom is -0.338 e. The van der Waals surface area contributed by atoms with Crippen molar-refractivity contribution in [3.8, 4) is 0 Å². The molecule has 0 saturated carbocycles. The Labute approximate surface area is 130 Å². The van der Waals surface area contributed by atoms with Gasteiger partial charge in [-0.05, 0) is 17.9 Å². The summed E-state index contributed by atoms with van der Waals surface area (Å²) < 4.78 is 0. The number of aromatic nitrogens is 3. The number of carbonyl (C=O) groups excluding carboxylic acids is 1. The first kappa shape index (κ1) is 16.0. The van der Waals surface area contributed by atoms with E-state index in [9.17, 15) is 4.79 Å². The summed E-state index contributed by atoms with van der Waals surface area (Å²) in [5.74, 6) is 0.297. The predicted octanol–water partition coefficient (Wildman–Crippen LogP) is 1.84. The molecule has 0 unspecified atom stereocenters. The average Bonchev–Trinajstić information content (AvgIpc) is 3.00. The van der Waals surface area contributed by atoms with Crippen molar-refractivity contribution in [3.63, 3.8) is 0 Å². The molecule has 22 heavy (non-hydrogen) atoms. The minimum absolute atomic E-state index is 0.0101. The lowest BCUT2D eigenvalue weighted by atomic mass is 10.1. The second-order valence-corrected chi connectivity index (χ2v) is 5.57. The van der Waals surface area contributed by atoms with Crippen molar-refractivity contribution in [2.24, 2.45) is 5.92 Å². The maximum atomic E-state index is 12.0. The van der Waals surface area contributed by atoms with E-state index in [-0.39, 0.29) is 12.1 Å². The van der Waals surface area contributed by atoms with Crippen LogP contribution in [0.4, 0.5) is 4.79 Å². The number of nitrogens with zero attached hydrogens (tertiary/aromatic N) is 3. The summed E-state index contributed by atoms with van der Waals surface area (Å²) in [6.07, 6.45) is 4.09. The molecule has 0 aliphatic carbocycles. The Bertz CT molecular complexity index is 553. The van der Waals surface area contributed by atoms with E-state index in [2.05, 4.69) is 46.8 Å². The molecule has 6 nitrogen and oxygen atoms in total. The Hall–Kier alpha value is -2.37. The normalized spacial score (nSPS) is 12.1. The Morgan fingerprint density at radius 1 is 1.18 bits per heavy atom. The van der Waals surface area contributed by atoms with Gasteiger partial charge in [0.15, 0.2) is 0 Å². The predicted molar refractivity (Wildman–Crippen MR) is 85.3 cm³/mol. The number of urea groups is 1. The molecule has 0 aliphatic rings. The van der Waals surface area contributed by atoms with E-state index in [1.807, 2.05) is 18.2 Å². The SMILES string of the molecule is CC(C)[C@H](Cn1nccn1)NC(=O)NCCc1ccccc1. The van der Waals surface area contributed by atoms with Crippen LogP contribution in [-0.4, -0.2) is 33.6 Å². The van der Waals surface area contributed by atoms with Gasteiger partial charge in [-0.1, -0.05) is 44.2 Å². The number of hydrogen-bond acceptors (Lipinski definition) is 3. The molecule has 0 saturated heterocycles. The summed E-state index contributed by atoms with van der Waals surface area (Å²) in [6, 6.07) is 9.94. The van der Waals surface area contributed by atoms with Gasteiger partial charge in [-0.25, -0.2) is 4.79 Å². The van der Waals surface area contributed by atoms with Gasteiger partial charge in [0, 0.05) is 6.54 Å². The average molecular weight is 301 g/mol. The molecule has 0 radical (unpaired) electrons. The van der Waals surface area contributed by atoms with Crippen molar-refractivity contribution < 1.29 is 4.79 Å². The molecule has 1 heterocycles. The minimum atomic E-state index is -0.151. The number of benzene rings is 1. The third kappa shape index (κ3) is 5.20. The quantitative estimate of drug-likeness (QED) is 0.819. The molecule has 1 aromatic carbocycles. The van der Waals surface area contributed by atoms with Gasteiger partial charge in [-0.15, -0.1) is 0 Å². The zero-order valence-corrected chi connectivity index (χ0v) is 13.1. The Balaban J connectivity index is 1.76. The summed E-state index contributed by atoms with van der Waals surface area (Å²) >= 11 is 0. The van der Waals surface area contributed by atoms with Crippen molar-refractivity contribution >= 4 is 6.03 Å². The van der Waals surface area contributed by atoms with E-state index in [0.29, 0.717) is 19.0 Å². The zero-order valence-electron chi connectivity index (χ0n) is 13.1. The first-order valence-corrected chi connectivity index (χ1v) is 7.57. The first-order chi connectivity index (χ1) is 10.6. The molecule has 2 amide bonds. The van der Waals surface area contributed by atoms with Crippen LogP contribution in [0, 0.1) is 5.92 Å². The van der Waals surface area contributed by atoms with Crippen molar-refractivity contribution in [3.05, 3.63) is 48.3 Å². The highest BCUT2D eigenvalue weighted by Gasteiger charge is 2.17. The summed E-state index contributed by atoms with van der Waals surface area (Å²) in [7, 11) is 0. The molecule has 2 aromatic rings. The van der Waals surface area contributed by atoms with Crippen LogP contribution >= 0.6 is 0 Å². The summed E-state index contributed by atoms with van der Waals surface area (Å²) in [5, 5.41) is 14.0. The number of rotatable bonds is 7. The molecule has 0 bridgehead atoms. The fourth-order valence-corrected chi connectivity index (χ4v) is 2.12. The molecule has 0 fully saturated rings. The van der Waals surface area contributed by atoms with Crippen LogP contribution < -0.4 is 10.6 Å². The van der Waals surface area contributed by atoms with Crippen LogP contribution in [0.15, 0.2) is 42.7 Å². The number of nitrogens with one attached hydrogen (secondary N) is 2. The Morgan fingerprint density at radius 2 is 1.86 bits per heavy atom. The number of hydrogen-bond donors (Lipinski definition) is 2. The van der Waals surface area contributed by atoms with E-state index in [1.54, 1.807) is 17.2 Å². The summed E-state index contributed by atoms with van der Waals surface area (Å²) in [6.45, 7) is 5.31. The highest BCUT2D eigenvalue weighted by molar-refractivity contribution is 5.74. The first-order valence-electron chi connectivity index (χ1n) is 7.57. The van der Waals surface area contributed by atoms with Gasteiger partial charge >= 0.3 is 6.03 Å². The Kier molecular flexibility index (Phi) is 5.94. The van der Waals surface area contributed by atoms with E-state index in [1.165, 1.54) is 5.56 Å². The van der Waals surface area contributed by atoms with Crippen LogP contribution in [0.5, 0.6) is 0 Å². The molecule has 118 valence electrons. The zero-order chi connectivity index (χ0) is 15.8. The second kappa shape index (κ2) is 8.17. The third-order valence-electron chi connectivity index (χ3n) is 3.49. The topological polar surface area (TPSA) is 71.8 Å². The molecule has 0 aliphatic heterocycles. The molecule has 1 atom stereocenters. The smallest absolute Gasteiger partial charge is 0.315 e. The van der Waals surface area contributed by atoms with Gasteiger partial charge in [-0.2, -0.15) is 15.0 Å². The standard InChI is InChI=1S/C16H23N5O/c1-13(2)15(12-21-18-10-11-19-21)20-16(22)17-9-8-14-6-4-3-5-7-14/h3-7,10-11,13,15H,8-9,12H2,1-2H3,(H2,17,20,22)/t15-/m0/s1. The highest BCUT2D eigenvalue weighted by Crippen LogP contribution is 2.03.